The van der Waals surface area contributed by atoms with Gasteiger partial charge in [0.25, 0.3) is 5.91 Å². The van der Waals surface area contributed by atoms with E-state index in [4.69, 9.17) is 0 Å². The number of fused-ring (bicyclic) bond motifs is 1. The Hall–Kier alpha value is -1.66. The molecule has 0 bridgehead atoms. The van der Waals surface area contributed by atoms with Gasteiger partial charge in [-0.3, -0.25) is 4.79 Å². The molecule has 1 aliphatic rings. The zero-order chi connectivity index (χ0) is 15.0. The van der Waals surface area contributed by atoms with Crippen LogP contribution in [0.1, 0.15) is 21.5 Å². The number of hydrogen-bond acceptors (Lipinski definition) is 3. The maximum Gasteiger partial charge on any atom is 0.326 e. The Morgan fingerprint density at radius 3 is 2.62 bits per heavy atom. The Morgan fingerprint density at radius 1 is 1.29 bits per heavy atom. The highest BCUT2D eigenvalue weighted by molar-refractivity contribution is 9.11. The average molecular weight is 366 g/mol. The molecule has 21 heavy (non-hydrogen) atoms. The zero-order valence-electron chi connectivity index (χ0n) is 11.0. The first-order valence-corrected chi connectivity index (χ1v) is 8.08. The predicted octanol–water partition coefficient (Wildman–Crippen LogP) is 3.16. The quantitative estimate of drug-likeness (QED) is 0.888. The van der Waals surface area contributed by atoms with Crippen molar-refractivity contribution >= 4 is 39.1 Å². The van der Waals surface area contributed by atoms with E-state index in [0.717, 1.165) is 14.9 Å². The van der Waals surface area contributed by atoms with E-state index in [1.165, 1.54) is 16.2 Å². The molecule has 0 aliphatic carbocycles. The highest BCUT2D eigenvalue weighted by Gasteiger charge is 2.35. The second-order valence-corrected chi connectivity index (χ2v) is 7.19. The fraction of sp³-hybridized carbons (Fsp3) is 0.200. The summed E-state index contributed by atoms with van der Waals surface area (Å²) in [5.74, 6) is -1.20. The fourth-order valence-electron chi connectivity index (χ4n) is 2.55. The van der Waals surface area contributed by atoms with Crippen molar-refractivity contribution in [1.29, 1.82) is 0 Å². The van der Waals surface area contributed by atoms with Crippen LogP contribution in [0, 0.1) is 0 Å². The van der Waals surface area contributed by atoms with Gasteiger partial charge in [0.2, 0.25) is 0 Å². The van der Waals surface area contributed by atoms with Gasteiger partial charge in [-0.2, -0.15) is 0 Å². The lowest BCUT2D eigenvalue weighted by molar-refractivity contribution is -0.142. The van der Waals surface area contributed by atoms with Crippen LogP contribution in [0.3, 0.4) is 0 Å². The minimum absolute atomic E-state index is 0.237. The summed E-state index contributed by atoms with van der Waals surface area (Å²) in [5.41, 5.74) is 2.54. The first kappa shape index (κ1) is 14.3. The number of thiophene rings is 1. The molecule has 0 saturated carbocycles. The lowest BCUT2D eigenvalue weighted by atomic mass is 9.93. The normalized spacial score (nSPS) is 17.4. The van der Waals surface area contributed by atoms with Crippen LogP contribution in [0.2, 0.25) is 0 Å². The lowest BCUT2D eigenvalue weighted by Crippen LogP contribution is -2.48. The third-order valence-electron chi connectivity index (χ3n) is 3.61. The number of carboxylic acid groups (broad SMARTS) is 1. The Balaban J connectivity index is 1.96. The van der Waals surface area contributed by atoms with Crippen molar-refractivity contribution in [3.8, 4) is 0 Å². The van der Waals surface area contributed by atoms with Gasteiger partial charge in [-0.05, 0) is 33.1 Å². The minimum atomic E-state index is -0.966. The summed E-state index contributed by atoms with van der Waals surface area (Å²) < 4.78 is 0.857. The minimum Gasteiger partial charge on any atom is -0.480 e. The van der Waals surface area contributed by atoms with Crippen molar-refractivity contribution in [1.82, 2.24) is 4.90 Å². The molecule has 2 heterocycles. The van der Waals surface area contributed by atoms with E-state index in [1.54, 1.807) is 11.4 Å². The van der Waals surface area contributed by atoms with Gasteiger partial charge in [0.15, 0.2) is 0 Å². The van der Waals surface area contributed by atoms with E-state index in [9.17, 15) is 14.7 Å². The number of carbonyl (C=O) groups excluding carboxylic acids is 1. The summed E-state index contributed by atoms with van der Waals surface area (Å²) in [4.78, 5) is 25.5. The first-order valence-electron chi connectivity index (χ1n) is 6.41. The number of halogens is 1. The van der Waals surface area contributed by atoms with Crippen molar-refractivity contribution in [2.75, 3.05) is 0 Å². The maximum absolute atomic E-state index is 12.6. The summed E-state index contributed by atoms with van der Waals surface area (Å²) >= 11 is 4.74. The second-order valence-electron chi connectivity index (χ2n) is 4.90. The second kappa shape index (κ2) is 5.61. The lowest BCUT2D eigenvalue weighted by Gasteiger charge is -2.34. The van der Waals surface area contributed by atoms with Crippen LogP contribution < -0.4 is 0 Å². The van der Waals surface area contributed by atoms with Gasteiger partial charge in [-0.1, -0.05) is 24.3 Å². The molecule has 1 aliphatic heterocycles. The Bertz CT molecular complexity index is 712. The van der Waals surface area contributed by atoms with E-state index in [1.807, 2.05) is 24.3 Å². The number of carboxylic acids is 1. The molecule has 2 aromatic rings. The molecule has 1 amide bonds. The van der Waals surface area contributed by atoms with Crippen LogP contribution in [0.25, 0.3) is 0 Å². The number of nitrogens with zero attached hydrogens (tertiary/aromatic N) is 1. The molecule has 1 aromatic heterocycles. The van der Waals surface area contributed by atoms with E-state index >= 15 is 0 Å². The molecule has 6 heteroatoms. The van der Waals surface area contributed by atoms with Crippen molar-refractivity contribution in [3.63, 3.8) is 0 Å². The van der Waals surface area contributed by atoms with Crippen molar-refractivity contribution in [3.05, 3.63) is 56.2 Å². The molecule has 0 saturated heterocycles. The molecule has 3 rings (SSSR count). The molecular formula is C15H12BrNO3S. The molecule has 0 fully saturated rings. The van der Waals surface area contributed by atoms with Gasteiger partial charge in [-0.25, -0.2) is 4.79 Å². The SMILES string of the molecule is O=C(O)[C@@H]1Cc2ccccc2CN1C(=O)c1csc(Br)c1. The Labute approximate surface area is 134 Å². The molecule has 0 radical (unpaired) electrons. The molecule has 108 valence electrons. The molecule has 0 unspecified atom stereocenters. The summed E-state index contributed by atoms with van der Waals surface area (Å²) in [7, 11) is 0. The van der Waals surface area contributed by atoms with Crippen LogP contribution >= 0.6 is 27.3 Å². The van der Waals surface area contributed by atoms with E-state index in [-0.39, 0.29) is 5.91 Å². The summed E-state index contributed by atoms with van der Waals surface area (Å²) in [6, 6.07) is 8.58. The molecule has 1 aromatic carbocycles. The third-order valence-corrected chi connectivity index (χ3v) is 5.11. The van der Waals surface area contributed by atoms with Gasteiger partial charge in [0.1, 0.15) is 6.04 Å². The summed E-state index contributed by atoms with van der Waals surface area (Å²) in [5, 5.41) is 11.2. The number of amides is 1. The van der Waals surface area contributed by atoms with Crippen LogP contribution in [-0.2, 0) is 17.8 Å². The number of carbonyl (C=O) groups is 2. The van der Waals surface area contributed by atoms with Gasteiger partial charge >= 0.3 is 5.97 Å². The number of benzene rings is 1. The van der Waals surface area contributed by atoms with Gasteiger partial charge < -0.3 is 10.0 Å². The maximum atomic E-state index is 12.6. The van der Waals surface area contributed by atoms with Crippen molar-refractivity contribution < 1.29 is 14.7 Å². The monoisotopic (exact) mass is 365 g/mol. The molecule has 0 spiro atoms. The summed E-state index contributed by atoms with van der Waals surface area (Å²) in [6.07, 6.45) is 0.350. The summed E-state index contributed by atoms with van der Waals surface area (Å²) in [6.45, 7) is 0.333. The van der Waals surface area contributed by atoms with Gasteiger partial charge in [0, 0.05) is 18.3 Å². The number of rotatable bonds is 2. The van der Waals surface area contributed by atoms with Crippen LogP contribution in [0.4, 0.5) is 0 Å². The third kappa shape index (κ3) is 2.73. The zero-order valence-corrected chi connectivity index (χ0v) is 13.4. The Kier molecular flexibility index (Phi) is 3.82. The predicted molar refractivity (Wildman–Crippen MR) is 83.5 cm³/mol. The van der Waals surface area contributed by atoms with E-state index < -0.39 is 12.0 Å². The highest BCUT2D eigenvalue weighted by Crippen LogP contribution is 2.27. The van der Waals surface area contributed by atoms with Crippen molar-refractivity contribution in [2.24, 2.45) is 0 Å². The molecule has 1 atom stereocenters. The first-order chi connectivity index (χ1) is 10.1. The van der Waals surface area contributed by atoms with Gasteiger partial charge in [-0.15, -0.1) is 11.3 Å². The largest absolute Gasteiger partial charge is 0.480 e. The van der Waals surface area contributed by atoms with Crippen LogP contribution in [-0.4, -0.2) is 27.9 Å². The number of hydrogen-bond donors (Lipinski definition) is 1. The Morgan fingerprint density at radius 2 is 2.00 bits per heavy atom. The molecular weight excluding hydrogens is 354 g/mol. The van der Waals surface area contributed by atoms with Crippen LogP contribution in [0.5, 0.6) is 0 Å². The average Bonchev–Trinajstić information content (AvgIpc) is 2.91. The van der Waals surface area contributed by atoms with Crippen molar-refractivity contribution in [2.45, 2.75) is 19.0 Å². The highest BCUT2D eigenvalue weighted by atomic mass is 79.9. The number of aliphatic carboxylic acids is 1. The molecule has 4 nitrogen and oxygen atoms in total. The van der Waals surface area contributed by atoms with Crippen LogP contribution in [0.15, 0.2) is 39.5 Å². The topological polar surface area (TPSA) is 57.6 Å². The fourth-order valence-corrected chi connectivity index (χ4v) is 3.68. The standard InChI is InChI=1S/C15H12BrNO3S/c16-13-6-11(8-21-13)14(18)17-7-10-4-2-1-3-9(10)5-12(17)15(19)20/h1-4,6,8,12H,5,7H2,(H,19,20)/t12-/m0/s1. The molecule has 1 N–H and O–H groups in total. The van der Waals surface area contributed by atoms with Gasteiger partial charge in [0.05, 0.1) is 9.35 Å². The smallest absolute Gasteiger partial charge is 0.326 e. The van der Waals surface area contributed by atoms with E-state index in [2.05, 4.69) is 15.9 Å². The van der Waals surface area contributed by atoms with E-state index in [0.29, 0.717) is 18.5 Å².